The van der Waals surface area contributed by atoms with Gasteiger partial charge in [-0.2, -0.15) is 10.5 Å². The van der Waals surface area contributed by atoms with Crippen molar-refractivity contribution in [2.24, 2.45) is 0 Å². The number of tetrazole rings is 1. The predicted molar refractivity (Wildman–Crippen MR) is 61.2 cm³/mol. The summed E-state index contributed by atoms with van der Waals surface area (Å²) in [5.74, 6) is 0.385. The standard InChI is InChI=1S/C10H9N7O/c11-5-7-2-1-3-8(4-7)13-10(18)12-6-9-14-16-17-15-9/h1-4H,6H2,(H2,12,13,18)(H,14,15,16,17). The zero-order chi connectivity index (χ0) is 12.8. The summed E-state index contributed by atoms with van der Waals surface area (Å²) >= 11 is 0. The summed E-state index contributed by atoms with van der Waals surface area (Å²) in [7, 11) is 0. The van der Waals surface area contributed by atoms with Crippen molar-refractivity contribution in [3.63, 3.8) is 0 Å². The van der Waals surface area contributed by atoms with Crippen molar-refractivity contribution in [1.82, 2.24) is 25.9 Å². The summed E-state index contributed by atoms with van der Waals surface area (Å²) in [5, 5.41) is 26.9. The molecule has 0 spiro atoms. The lowest BCUT2D eigenvalue weighted by atomic mass is 10.2. The lowest BCUT2D eigenvalue weighted by Gasteiger charge is -2.05. The van der Waals surface area contributed by atoms with Gasteiger partial charge in [0.2, 0.25) is 0 Å². The Hall–Kier alpha value is -2.95. The summed E-state index contributed by atoms with van der Waals surface area (Å²) in [6, 6.07) is 8.19. The average molecular weight is 243 g/mol. The minimum Gasteiger partial charge on any atom is -0.330 e. The second-order valence-corrected chi connectivity index (χ2v) is 3.33. The van der Waals surface area contributed by atoms with Crippen LogP contribution in [0, 0.1) is 11.3 Å². The molecule has 0 aliphatic rings. The summed E-state index contributed by atoms with van der Waals surface area (Å²) in [6.45, 7) is 0.167. The number of nitrogens with zero attached hydrogens (tertiary/aromatic N) is 4. The third-order valence-electron chi connectivity index (χ3n) is 2.05. The molecule has 8 nitrogen and oxygen atoms in total. The molecule has 1 aromatic heterocycles. The van der Waals surface area contributed by atoms with Crippen LogP contribution in [0.15, 0.2) is 24.3 Å². The topological polar surface area (TPSA) is 119 Å². The third-order valence-corrected chi connectivity index (χ3v) is 2.05. The average Bonchev–Trinajstić information content (AvgIpc) is 2.90. The van der Waals surface area contributed by atoms with E-state index in [-0.39, 0.29) is 6.54 Å². The largest absolute Gasteiger partial charge is 0.330 e. The van der Waals surface area contributed by atoms with Gasteiger partial charge in [0.1, 0.15) is 0 Å². The molecule has 0 unspecified atom stereocenters. The first-order valence-corrected chi connectivity index (χ1v) is 5.05. The Bertz CT molecular complexity index is 572. The van der Waals surface area contributed by atoms with Crippen LogP contribution in [0.5, 0.6) is 0 Å². The molecule has 3 N–H and O–H groups in total. The van der Waals surface area contributed by atoms with Gasteiger partial charge in [0.25, 0.3) is 0 Å². The molecule has 2 amide bonds. The SMILES string of the molecule is N#Cc1cccc(NC(=O)NCc2nn[nH]n2)c1. The summed E-state index contributed by atoms with van der Waals surface area (Å²) < 4.78 is 0. The van der Waals surface area contributed by atoms with Gasteiger partial charge in [0.05, 0.1) is 18.2 Å². The number of H-pyrrole nitrogens is 1. The van der Waals surface area contributed by atoms with E-state index in [0.29, 0.717) is 17.1 Å². The summed E-state index contributed by atoms with van der Waals surface area (Å²) in [4.78, 5) is 11.5. The number of urea groups is 1. The second kappa shape index (κ2) is 5.40. The first-order valence-electron chi connectivity index (χ1n) is 5.05. The highest BCUT2D eigenvalue weighted by Gasteiger charge is 2.04. The Kier molecular flexibility index (Phi) is 3.46. The highest BCUT2D eigenvalue weighted by atomic mass is 16.2. The van der Waals surface area contributed by atoms with E-state index in [1.165, 1.54) is 0 Å². The molecular formula is C10H9N7O. The van der Waals surface area contributed by atoms with Crippen molar-refractivity contribution in [3.8, 4) is 6.07 Å². The van der Waals surface area contributed by atoms with Gasteiger partial charge >= 0.3 is 6.03 Å². The maximum Gasteiger partial charge on any atom is 0.319 e. The number of nitriles is 1. The number of benzene rings is 1. The molecule has 0 bridgehead atoms. The van der Waals surface area contributed by atoms with Gasteiger partial charge in [-0.1, -0.05) is 11.3 Å². The van der Waals surface area contributed by atoms with E-state index in [0.717, 1.165) is 0 Å². The van der Waals surface area contributed by atoms with Crippen LogP contribution < -0.4 is 10.6 Å². The normalized spacial score (nSPS) is 9.50. The fraction of sp³-hybridized carbons (Fsp3) is 0.100. The smallest absolute Gasteiger partial charge is 0.319 e. The molecule has 18 heavy (non-hydrogen) atoms. The van der Waals surface area contributed by atoms with Crippen molar-refractivity contribution in [2.75, 3.05) is 5.32 Å². The number of amides is 2. The number of aromatic amines is 1. The van der Waals surface area contributed by atoms with Crippen LogP contribution in [0.1, 0.15) is 11.4 Å². The Morgan fingerprint density at radius 2 is 2.39 bits per heavy atom. The van der Waals surface area contributed by atoms with Crippen LogP contribution in [0.2, 0.25) is 0 Å². The summed E-state index contributed by atoms with van der Waals surface area (Å²) in [5.41, 5.74) is 1.02. The van der Waals surface area contributed by atoms with E-state index in [2.05, 4.69) is 31.3 Å². The molecule has 1 heterocycles. The lowest BCUT2D eigenvalue weighted by molar-refractivity contribution is 0.251. The zero-order valence-electron chi connectivity index (χ0n) is 9.21. The number of carbonyl (C=O) groups excluding carboxylic acids is 1. The molecule has 0 radical (unpaired) electrons. The van der Waals surface area contributed by atoms with Crippen molar-refractivity contribution >= 4 is 11.7 Å². The second-order valence-electron chi connectivity index (χ2n) is 3.33. The van der Waals surface area contributed by atoms with Crippen molar-refractivity contribution in [2.45, 2.75) is 6.54 Å². The molecular weight excluding hydrogens is 234 g/mol. The van der Waals surface area contributed by atoms with Crippen LogP contribution in [0.25, 0.3) is 0 Å². The van der Waals surface area contributed by atoms with Gasteiger partial charge in [-0.25, -0.2) is 4.79 Å². The van der Waals surface area contributed by atoms with Gasteiger partial charge in [0, 0.05) is 5.69 Å². The van der Waals surface area contributed by atoms with Crippen molar-refractivity contribution in [3.05, 3.63) is 35.7 Å². The maximum atomic E-state index is 11.5. The van der Waals surface area contributed by atoms with Crippen LogP contribution in [-0.4, -0.2) is 26.7 Å². The van der Waals surface area contributed by atoms with Crippen LogP contribution in [0.4, 0.5) is 10.5 Å². The number of rotatable bonds is 3. The van der Waals surface area contributed by atoms with Gasteiger partial charge in [-0.3, -0.25) is 0 Å². The molecule has 2 aromatic rings. The fourth-order valence-electron chi connectivity index (χ4n) is 1.26. The van der Waals surface area contributed by atoms with Gasteiger partial charge < -0.3 is 10.6 Å². The molecule has 0 atom stereocenters. The monoisotopic (exact) mass is 243 g/mol. The number of aromatic nitrogens is 4. The Morgan fingerprint density at radius 1 is 1.50 bits per heavy atom. The molecule has 8 heteroatoms. The molecule has 2 rings (SSSR count). The predicted octanol–water partition coefficient (Wildman–Crippen LogP) is 0.393. The van der Waals surface area contributed by atoms with E-state index in [9.17, 15) is 4.79 Å². The number of hydrogen-bond donors (Lipinski definition) is 3. The first-order chi connectivity index (χ1) is 8.78. The number of anilines is 1. The fourth-order valence-corrected chi connectivity index (χ4v) is 1.26. The minimum atomic E-state index is -0.408. The van der Waals surface area contributed by atoms with Gasteiger partial charge in [-0.15, -0.1) is 10.2 Å². The molecule has 0 fully saturated rings. The van der Waals surface area contributed by atoms with E-state index < -0.39 is 6.03 Å². The third kappa shape index (κ3) is 3.02. The van der Waals surface area contributed by atoms with Crippen molar-refractivity contribution < 1.29 is 4.79 Å². The molecule has 0 aliphatic carbocycles. The number of nitrogens with one attached hydrogen (secondary N) is 3. The van der Waals surface area contributed by atoms with Gasteiger partial charge in [0.15, 0.2) is 5.82 Å². The van der Waals surface area contributed by atoms with Crippen LogP contribution in [0.3, 0.4) is 0 Å². The maximum absolute atomic E-state index is 11.5. The zero-order valence-corrected chi connectivity index (χ0v) is 9.21. The molecule has 0 saturated heterocycles. The van der Waals surface area contributed by atoms with Crippen molar-refractivity contribution in [1.29, 1.82) is 5.26 Å². The summed E-state index contributed by atoms with van der Waals surface area (Å²) in [6.07, 6.45) is 0. The molecule has 0 saturated carbocycles. The Labute approximate surface area is 102 Å². The quantitative estimate of drug-likeness (QED) is 0.720. The highest BCUT2D eigenvalue weighted by Crippen LogP contribution is 2.09. The van der Waals surface area contributed by atoms with E-state index in [4.69, 9.17) is 5.26 Å². The van der Waals surface area contributed by atoms with E-state index in [1.54, 1.807) is 24.3 Å². The van der Waals surface area contributed by atoms with E-state index >= 15 is 0 Å². The Balaban J connectivity index is 1.89. The minimum absolute atomic E-state index is 0.167. The number of hydrogen-bond acceptors (Lipinski definition) is 5. The molecule has 0 aliphatic heterocycles. The van der Waals surface area contributed by atoms with Crippen LogP contribution >= 0.6 is 0 Å². The molecule has 90 valence electrons. The number of carbonyl (C=O) groups is 1. The highest BCUT2D eigenvalue weighted by molar-refractivity contribution is 5.89. The first kappa shape index (κ1) is 11.5. The van der Waals surface area contributed by atoms with E-state index in [1.807, 2.05) is 6.07 Å². The van der Waals surface area contributed by atoms with Crippen LogP contribution in [-0.2, 0) is 6.54 Å². The lowest BCUT2D eigenvalue weighted by Crippen LogP contribution is -2.28. The Morgan fingerprint density at radius 3 is 3.11 bits per heavy atom. The molecule has 1 aromatic carbocycles. The van der Waals surface area contributed by atoms with Gasteiger partial charge in [-0.05, 0) is 18.2 Å².